The van der Waals surface area contributed by atoms with Gasteiger partial charge in [-0.15, -0.1) is 11.3 Å². The van der Waals surface area contributed by atoms with Crippen LogP contribution in [-0.4, -0.2) is 43.7 Å². The van der Waals surface area contributed by atoms with Gasteiger partial charge in [-0.1, -0.05) is 6.07 Å². The summed E-state index contributed by atoms with van der Waals surface area (Å²) in [6, 6.07) is 7.15. The minimum Gasteiger partial charge on any atom is -0.494 e. The van der Waals surface area contributed by atoms with E-state index in [0.29, 0.717) is 35.9 Å². The molecule has 2 aliphatic rings. The van der Waals surface area contributed by atoms with Gasteiger partial charge in [-0.2, -0.15) is 0 Å². The molecule has 2 aromatic rings. The number of carbonyl (C=O) groups is 2. The van der Waals surface area contributed by atoms with Gasteiger partial charge in [0, 0.05) is 31.6 Å². The van der Waals surface area contributed by atoms with E-state index in [1.165, 1.54) is 11.3 Å². The zero-order valence-corrected chi connectivity index (χ0v) is 16.4. The molecule has 28 heavy (non-hydrogen) atoms. The standard InChI is InChI=1S/C20H22N2O5S/c1-25-15-10-17-16(26-12-27-17)9-14(15)21-19(23)8-13-4-2-6-22(11-13)20(24)18-5-3-7-28-18/h3,5,7,9-10,13H,2,4,6,8,11-12H2,1H3,(H,21,23). The molecule has 8 heteroatoms. The summed E-state index contributed by atoms with van der Waals surface area (Å²) >= 11 is 1.45. The number of hydrogen-bond donors (Lipinski definition) is 1. The third-order valence-electron chi connectivity index (χ3n) is 4.98. The molecule has 0 bridgehead atoms. The predicted octanol–water partition coefficient (Wildman–Crippen LogP) is 3.37. The van der Waals surface area contributed by atoms with Gasteiger partial charge in [0.2, 0.25) is 12.7 Å². The first-order valence-electron chi connectivity index (χ1n) is 9.24. The van der Waals surface area contributed by atoms with E-state index in [4.69, 9.17) is 14.2 Å². The van der Waals surface area contributed by atoms with Gasteiger partial charge in [0.1, 0.15) is 5.75 Å². The number of piperidine rings is 1. The number of amides is 2. The van der Waals surface area contributed by atoms with Crippen LogP contribution in [0.4, 0.5) is 5.69 Å². The van der Waals surface area contributed by atoms with Crippen molar-refractivity contribution in [1.29, 1.82) is 0 Å². The molecular weight excluding hydrogens is 380 g/mol. The van der Waals surface area contributed by atoms with Gasteiger partial charge in [0.05, 0.1) is 17.7 Å². The van der Waals surface area contributed by atoms with E-state index >= 15 is 0 Å². The fourth-order valence-electron chi connectivity index (χ4n) is 3.63. The second kappa shape index (κ2) is 8.10. The molecule has 0 radical (unpaired) electrons. The number of benzene rings is 1. The number of anilines is 1. The molecule has 7 nitrogen and oxygen atoms in total. The summed E-state index contributed by atoms with van der Waals surface area (Å²) in [7, 11) is 1.54. The lowest BCUT2D eigenvalue weighted by Gasteiger charge is -2.32. The van der Waals surface area contributed by atoms with Crippen LogP contribution in [0.1, 0.15) is 28.9 Å². The Bertz CT molecular complexity index is 868. The number of hydrogen-bond acceptors (Lipinski definition) is 6. The molecule has 1 fully saturated rings. The SMILES string of the molecule is COc1cc2c(cc1NC(=O)CC1CCCN(C(=O)c3cccs3)C1)OCO2. The lowest BCUT2D eigenvalue weighted by molar-refractivity contribution is -0.117. The zero-order valence-electron chi connectivity index (χ0n) is 15.6. The maximum absolute atomic E-state index is 12.6. The number of nitrogens with one attached hydrogen (secondary N) is 1. The Morgan fingerprint density at radius 1 is 1.32 bits per heavy atom. The van der Waals surface area contributed by atoms with Crippen LogP contribution in [-0.2, 0) is 4.79 Å². The smallest absolute Gasteiger partial charge is 0.263 e. The number of likely N-dealkylation sites (tertiary alicyclic amines) is 1. The fourth-order valence-corrected chi connectivity index (χ4v) is 4.32. The summed E-state index contributed by atoms with van der Waals surface area (Å²) < 4.78 is 16.1. The van der Waals surface area contributed by atoms with Crippen LogP contribution < -0.4 is 19.5 Å². The van der Waals surface area contributed by atoms with Crippen LogP contribution in [0.3, 0.4) is 0 Å². The highest BCUT2D eigenvalue weighted by Gasteiger charge is 2.27. The number of rotatable bonds is 5. The largest absolute Gasteiger partial charge is 0.494 e. The van der Waals surface area contributed by atoms with Crippen molar-refractivity contribution in [1.82, 2.24) is 4.90 Å². The Balaban J connectivity index is 1.38. The summed E-state index contributed by atoms with van der Waals surface area (Å²) in [4.78, 5) is 27.8. The van der Waals surface area contributed by atoms with Gasteiger partial charge in [0.25, 0.3) is 5.91 Å². The molecule has 1 aromatic heterocycles. The average molecular weight is 402 g/mol. The molecule has 4 rings (SSSR count). The van der Waals surface area contributed by atoms with Gasteiger partial charge < -0.3 is 24.4 Å². The van der Waals surface area contributed by atoms with Crippen molar-refractivity contribution < 1.29 is 23.8 Å². The molecule has 148 valence electrons. The minimum atomic E-state index is -0.104. The van der Waals surface area contributed by atoms with Crippen molar-refractivity contribution in [3.63, 3.8) is 0 Å². The average Bonchev–Trinajstić information content (AvgIpc) is 3.38. The number of carbonyl (C=O) groups excluding carboxylic acids is 2. The van der Waals surface area contributed by atoms with Crippen LogP contribution in [0.5, 0.6) is 17.2 Å². The molecule has 0 saturated carbocycles. The third kappa shape index (κ3) is 3.91. The van der Waals surface area contributed by atoms with Crippen molar-refractivity contribution in [2.75, 3.05) is 32.3 Å². The second-order valence-electron chi connectivity index (χ2n) is 6.89. The molecule has 3 heterocycles. The van der Waals surface area contributed by atoms with E-state index in [-0.39, 0.29) is 24.5 Å². The van der Waals surface area contributed by atoms with E-state index in [0.717, 1.165) is 24.3 Å². The van der Waals surface area contributed by atoms with Crippen molar-refractivity contribution in [3.05, 3.63) is 34.5 Å². The first-order valence-corrected chi connectivity index (χ1v) is 10.1. The van der Waals surface area contributed by atoms with Crippen molar-refractivity contribution in [2.24, 2.45) is 5.92 Å². The van der Waals surface area contributed by atoms with Crippen LogP contribution in [0.15, 0.2) is 29.6 Å². The van der Waals surface area contributed by atoms with Crippen LogP contribution in [0.25, 0.3) is 0 Å². The van der Waals surface area contributed by atoms with E-state index in [1.807, 2.05) is 22.4 Å². The lowest BCUT2D eigenvalue weighted by atomic mass is 9.94. The topological polar surface area (TPSA) is 77.1 Å². The zero-order chi connectivity index (χ0) is 19.5. The highest BCUT2D eigenvalue weighted by atomic mass is 32.1. The van der Waals surface area contributed by atoms with Gasteiger partial charge >= 0.3 is 0 Å². The molecule has 1 aromatic carbocycles. The number of thiophene rings is 1. The molecule has 2 aliphatic heterocycles. The van der Waals surface area contributed by atoms with Crippen molar-refractivity contribution in [3.8, 4) is 17.2 Å². The number of fused-ring (bicyclic) bond motifs is 1. The molecule has 1 N–H and O–H groups in total. The Hall–Kier alpha value is -2.74. The molecule has 1 saturated heterocycles. The molecule has 0 aliphatic carbocycles. The Labute approximate surface area is 167 Å². The summed E-state index contributed by atoms with van der Waals surface area (Å²) in [6.45, 7) is 1.50. The number of nitrogens with zero attached hydrogens (tertiary/aromatic N) is 1. The molecular formula is C20H22N2O5S. The van der Waals surface area contributed by atoms with Gasteiger partial charge in [-0.25, -0.2) is 0 Å². The van der Waals surface area contributed by atoms with Crippen molar-refractivity contribution >= 4 is 28.8 Å². The normalized spacial score (nSPS) is 18.0. The number of methoxy groups -OCH3 is 1. The Kier molecular flexibility index (Phi) is 5.38. The predicted molar refractivity (Wildman–Crippen MR) is 105 cm³/mol. The van der Waals surface area contributed by atoms with Crippen LogP contribution in [0, 0.1) is 5.92 Å². The molecule has 1 unspecified atom stereocenters. The first-order chi connectivity index (χ1) is 13.6. The quantitative estimate of drug-likeness (QED) is 0.830. The highest BCUT2D eigenvalue weighted by Crippen LogP contribution is 2.40. The highest BCUT2D eigenvalue weighted by molar-refractivity contribution is 7.12. The van der Waals surface area contributed by atoms with E-state index in [2.05, 4.69) is 5.32 Å². The fraction of sp³-hybridized carbons (Fsp3) is 0.400. The van der Waals surface area contributed by atoms with Gasteiger partial charge in [0.15, 0.2) is 11.5 Å². The second-order valence-corrected chi connectivity index (χ2v) is 7.84. The van der Waals surface area contributed by atoms with Gasteiger partial charge in [-0.05, 0) is 30.2 Å². The lowest BCUT2D eigenvalue weighted by Crippen LogP contribution is -2.40. The third-order valence-corrected chi connectivity index (χ3v) is 5.84. The summed E-state index contributed by atoms with van der Waals surface area (Å²) in [5.41, 5.74) is 0.555. The Morgan fingerprint density at radius 2 is 2.14 bits per heavy atom. The maximum Gasteiger partial charge on any atom is 0.263 e. The van der Waals surface area contributed by atoms with Crippen molar-refractivity contribution in [2.45, 2.75) is 19.3 Å². The minimum absolute atomic E-state index is 0.0533. The van der Waals surface area contributed by atoms with Gasteiger partial charge in [-0.3, -0.25) is 9.59 Å². The van der Waals surface area contributed by atoms with E-state index < -0.39 is 0 Å². The maximum atomic E-state index is 12.6. The molecule has 0 spiro atoms. The summed E-state index contributed by atoms with van der Waals surface area (Å²) in [6.07, 6.45) is 2.19. The van der Waals surface area contributed by atoms with E-state index in [1.54, 1.807) is 19.2 Å². The first kappa shape index (κ1) is 18.6. The molecule has 1 atom stereocenters. The summed E-state index contributed by atoms with van der Waals surface area (Å²) in [5.74, 6) is 1.80. The molecule has 2 amide bonds. The summed E-state index contributed by atoms with van der Waals surface area (Å²) in [5, 5.41) is 4.81. The van der Waals surface area contributed by atoms with E-state index in [9.17, 15) is 9.59 Å². The monoisotopic (exact) mass is 402 g/mol. The van der Waals surface area contributed by atoms with Crippen LogP contribution >= 0.6 is 11.3 Å². The Morgan fingerprint density at radius 3 is 2.89 bits per heavy atom. The van der Waals surface area contributed by atoms with Crippen LogP contribution in [0.2, 0.25) is 0 Å². The number of ether oxygens (including phenoxy) is 3.